The summed E-state index contributed by atoms with van der Waals surface area (Å²) >= 11 is 1.06. The van der Waals surface area contributed by atoms with Gasteiger partial charge in [-0.2, -0.15) is 0 Å². The molecule has 0 aromatic carbocycles. The normalized spacial score (nSPS) is 8.64. The molecule has 0 unspecified atom stereocenters. The van der Waals surface area contributed by atoms with Gasteiger partial charge in [-0.3, -0.25) is 0 Å². The fourth-order valence-corrected chi connectivity index (χ4v) is 1.36. The van der Waals surface area contributed by atoms with Crippen molar-refractivity contribution < 1.29 is 19.4 Å². The molecule has 1 aromatic rings. The van der Waals surface area contributed by atoms with E-state index in [1.54, 1.807) is 5.38 Å². The molecule has 1 N–H and O–H groups in total. The van der Waals surface area contributed by atoms with Crippen LogP contribution in [0.4, 0.5) is 0 Å². The molecule has 72 valence electrons. The minimum Gasteiger partial charge on any atom is -0.477 e. The number of carboxylic acids is 1. The second kappa shape index (κ2) is 4.44. The number of hydrogen-bond donors (Lipinski definition) is 1. The van der Waals surface area contributed by atoms with E-state index in [0.717, 1.165) is 11.3 Å². The highest BCUT2D eigenvalue weighted by Crippen LogP contribution is 2.13. The summed E-state index contributed by atoms with van der Waals surface area (Å²) < 4.78 is 4.30. The van der Waals surface area contributed by atoms with Gasteiger partial charge in [0.2, 0.25) is 0 Å². The summed E-state index contributed by atoms with van der Waals surface area (Å²) in [4.78, 5) is 21.3. The number of carbonyl (C=O) groups excluding carboxylic acids is 1. The van der Waals surface area contributed by atoms with Crippen molar-refractivity contribution in [1.29, 1.82) is 0 Å². The van der Waals surface area contributed by atoms with Gasteiger partial charge in [-0.15, -0.1) is 11.3 Å². The van der Waals surface area contributed by atoms with Crippen LogP contribution in [0.3, 0.4) is 0 Å². The molecule has 0 amide bonds. The Morgan fingerprint density at radius 3 is 2.79 bits per heavy atom. The van der Waals surface area contributed by atoms with E-state index in [0.29, 0.717) is 5.56 Å². The van der Waals surface area contributed by atoms with E-state index in [-0.39, 0.29) is 4.88 Å². The first-order valence-corrected chi connectivity index (χ1v) is 4.43. The molecule has 0 saturated heterocycles. The maximum Gasteiger partial charge on any atom is 0.384 e. The Hall–Kier alpha value is -1.80. The number of esters is 1. The zero-order chi connectivity index (χ0) is 10.6. The van der Waals surface area contributed by atoms with Gasteiger partial charge >= 0.3 is 11.9 Å². The lowest BCUT2D eigenvalue weighted by molar-refractivity contribution is -0.133. The second-order valence-corrected chi connectivity index (χ2v) is 3.16. The lowest BCUT2D eigenvalue weighted by Crippen LogP contribution is -1.94. The van der Waals surface area contributed by atoms with Gasteiger partial charge in [0.1, 0.15) is 4.88 Å². The van der Waals surface area contributed by atoms with E-state index in [1.165, 1.54) is 13.2 Å². The molecular weight excluding hydrogens is 204 g/mol. The number of rotatable bonds is 1. The predicted octanol–water partition coefficient (Wildman–Crippen LogP) is 0.971. The van der Waals surface area contributed by atoms with E-state index in [2.05, 4.69) is 16.6 Å². The van der Waals surface area contributed by atoms with Crippen LogP contribution in [0.25, 0.3) is 0 Å². The molecular formula is C9H6O4S. The number of aromatic carboxylic acids is 1. The average molecular weight is 210 g/mol. The van der Waals surface area contributed by atoms with Crippen LogP contribution in [0.1, 0.15) is 15.2 Å². The molecule has 0 atom stereocenters. The summed E-state index contributed by atoms with van der Waals surface area (Å²) in [5.74, 6) is 3.05. The summed E-state index contributed by atoms with van der Waals surface area (Å²) in [6.45, 7) is 0. The van der Waals surface area contributed by atoms with Gasteiger partial charge in [-0.1, -0.05) is 5.92 Å². The lowest BCUT2D eigenvalue weighted by Gasteiger charge is -1.83. The van der Waals surface area contributed by atoms with Gasteiger partial charge in [0.25, 0.3) is 0 Å². The zero-order valence-corrected chi connectivity index (χ0v) is 8.05. The van der Waals surface area contributed by atoms with Gasteiger partial charge in [-0.25, -0.2) is 9.59 Å². The molecule has 1 aromatic heterocycles. The zero-order valence-electron chi connectivity index (χ0n) is 7.23. The predicted molar refractivity (Wildman–Crippen MR) is 50.2 cm³/mol. The number of ether oxygens (including phenoxy) is 1. The summed E-state index contributed by atoms with van der Waals surface area (Å²) in [5.41, 5.74) is 0.498. The molecule has 0 aliphatic rings. The van der Waals surface area contributed by atoms with Crippen molar-refractivity contribution in [3.8, 4) is 11.8 Å². The molecule has 1 heterocycles. The number of thiophene rings is 1. The third-order valence-corrected chi connectivity index (χ3v) is 2.22. The second-order valence-electron chi connectivity index (χ2n) is 2.25. The van der Waals surface area contributed by atoms with Crippen molar-refractivity contribution in [2.24, 2.45) is 0 Å². The van der Waals surface area contributed by atoms with Crippen LogP contribution >= 0.6 is 11.3 Å². The average Bonchev–Trinajstić information content (AvgIpc) is 2.62. The first-order valence-electron chi connectivity index (χ1n) is 3.55. The lowest BCUT2D eigenvalue weighted by atomic mass is 10.3. The van der Waals surface area contributed by atoms with Crippen molar-refractivity contribution in [2.45, 2.75) is 0 Å². The number of methoxy groups -OCH3 is 1. The Morgan fingerprint density at radius 1 is 1.57 bits per heavy atom. The van der Waals surface area contributed by atoms with E-state index in [4.69, 9.17) is 5.11 Å². The van der Waals surface area contributed by atoms with Crippen molar-refractivity contribution in [1.82, 2.24) is 0 Å². The van der Waals surface area contributed by atoms with E-state index < -0.39 is 11.9 Å². The van der Waals surface area contributed by atoms with Crippen molar-refractivity contribution in [3.63, 3.8) is 0 Å². The highest BCUT2D eigenvalue weighted by molar-refractivity contribution is 7.12. The molecule has 1 rings (SSSR count). The smallest absolute Gasteiger partial charge is 0.384 e. The molecule has 0 aliphatic heterocycles. The fourth-order valence-electron chi connectivity index (χ4n) is 0.688. The molecule has 4 nitrogen and oxygen atoms in total. The van der Waals surface area contributed by atoms with Gasteiger partial charge in [0.15, 0.2) is 0 Å². The van der Waals surface area contributed by atoms with Crippen molar-refractivity contribution in [3.05, 3.63) is 21.9 Å². The standard InChI is InChI=1S/C9H6O4S/c1-13-8(10)3-2-6-4-7(9(11)12)14-5-6/h4-5H,1H3,(H,11,12). The summed E-state index contributed by atoms with van der Waals surface area (Å²) in [7, 11) is 1.23. The summed E-state index contributed by atoms with van der Waals surface area (Å²) in [5, 5.41) is 10.2. The quantitative estimate of drug-likeness (QED) is 0.554. The van der Waals surface area contributed by atoms with Crippen LogP contribution in [0.2, 0.25) is 0 Å². The van der Waals surface area contributed by atoms with Crippen LogP contribution in [0.5, 0.6) is 0 Å². The number of carbonyl (C=O) groups is 2. The minimum atomic E-state index is -0.999. The largest absolute Gasteiger partial charge is 0.477 e. The molecule has 0 radical (unpaired) electrons. The first kappa shape index (κ1) is 10.3. The SMILES string of the molecule is COC(=O)C#Cc1csc(C(=O)O)c1. The summed E-state index contributed by atoms with van der Waals surface area (Å²) in [6.07, 6.45) is 0. The maximum atomic E-state index is 10.6. The monoisotopic (exact) mass is 210 g/mol. The molecule has 14 heavy (non-hydrogen) atoms. The third-order valence-electron chi connectivity index (χ3n) is 1.30. The highest BCUT2D eigenvalue weighted by Gasteiger charge is 2.04. The Kier molecular flexibility index (Phi) is 3.26. The van der Waals surface area contributed by atoms with Gasteiger partial charge in [0.05, 0.1) is 7.11 Å². The Morgan fingerprint density at radius 2 is 2.29 bits per heavy atom. The number of carboxylic acid groups (broad SMARTS) is 1. The van der Waals surface area contributed by atoms with E-state index >= 15 is 0 Å². The third kappa shape index (κ3) is 2.61. The van der Waals surface area contributed by atoms with E-state index in [1.807, 2.05) is 0 Å². The van der Waals surface area contributed by atoms with E-state index in [9.17, 15) is 9.59 Å². The molecule has 0 spiro atoms. The molecule has 0 aliphatic carbocycles. The fraction of sp³-hybridized carbons (Fsp3) is 0.111. The minimum absolute atomic E-state index is 0.194. The van der Waals surface area contributed by atoms with Crippen LogP contribution in [0, 0.1) is 11.8 Å². The molecule has 0 bridgehead atoms. The Labute approximate surface area is 84.1 Å². The first-order chi connectivity index (χ1) is 6.63. The van der Waals surface area contributed by atoms with Crippen LogP contribution in [0.15, 0.2) is 11.4 Å². The Balaban J connectivity index is 2.81. The Bertz CT molecular complexity index is 422. The van der Waals surface area contributed by atoms with Crippen LogP contribution in [-0.2, 0) is 9.53 Å². The summed E-state index contributed by atoms with van der Waals surface area (Å²) in [6, 6.07) is 1.41. The van der Waals surface area contributed by atoms with Gasteiger partial charge < -0.3 is 9.84 Å². The molecule has 0 fully saturated rings. The van der Waals surface area contributed by atoms with Crippen molar-refractivity contribution >= 4 is 23.3 Å². The molecule has 0 saturated carbocycles. The van der Waals surface area contributed by atoms with Gasteiger partial charge in [-0.05, 0) is 6.07 Å². The molecule has 5 heteroatoms. The van der Waals surface area contributed by atoms with Crippen LogP contribution < -0.4 is 0 Å². The van der Waals surface area contributed by atoms with Crippen LogP contribution in [-0.4, -0.2) is 24.2 Å². The maximum absolute atomic E-state index is 10.6. The topological polar surface area (TPSA) is 63.6 Å². The highest BCUT2D eigenvalue weighted by atomic mass is 32.1. The van der Waals surface area contributed by atoms with Gasteiger partial charge in [0, 0.05) is 16.9 Å². The number of hydrogen-bond acceptors (Lipinski definition) is 4. The van der Waals surface area contributed by atoms with Crippen molar-refractivity contribution in [2.75, 3.05) is 7.11 Å².